The summed E-state index contributed by atoms with van der Waals surface area (Å²) in [7, 11) is 0. The van der Waals surface area contributed by atoms with Crippen molar-refractivity contribution >= 4 is 35.1 Å². The van der Waals surface area contributed by atoms with Crippen LogP contribution in [-0.2, 0) is 0 Å². The minimum Gasteiger partial charge on any atom is -0.101 e. The predicted octanol–water partition coefficient (Wildman–Crippen LogP) is 2.36. The summed E-state index contributed by atoms with van der Waals surface area (Å²) in [6.07, 6.45) is 2.27. The fourth-order valence-corrected chi connectivity index (χ4v) is 1.59. The first-order valence-corrected chi connectivity index (χ1v) is 6.57. The van der Waals surface area contributed by atoms with Gasteiger partial charge in [0.05, 0.1) is 0 Å². The van der Waals surface area contributed by atoms with Gasteiger partial charge in [-0.1, -0.05) is 40.0 Å². The topological polar surface area (TPSA) is 0 Å². The van der Waals surface area contributed by atoms with E-state index in [0.717, 1.165) is 6.10 Å². The third-order valence-electron chi connectivity index (χ3n) is 0.646. The number of hydrogen-bond acceptors (Lipinski definition) is 0. The number of hydrogen-bond donors (Lipinski definition) is 0. The number of allylic oxidation sites excluding steroid dienone is 1. The molecule has 1 atom stereocenters. The van der Waals surface area contributed by atoms with E-state index in [1.165, 1.54) is 18.9 Å². The van der Waals surface area contributed by atoms with Gasteiger partial charge in [0.25, 0.3) is 0 Å². The minimum absolute atomic E-state index is 1.06. The van der Waals surface area contributed by atoms with Gasteiger partial charge in [-0.3, -0.25) is 0 Å². The molecule has 0 saturated carbocycles. The van der Waals surface area contributed by atoms with Crippen molar-refractivity contribution in [2.24, 2.45) is 0 Å². The summed E-state index contributed by atoms with van der Waals surface area (Å²) in [5, 5.41) is 0. The highest BCUT2D eigenvalue weighted by Gasteiger charge is 1.85. The maximum Gasteiger partial charge on any atom is 0.165 e. The zero-order valence-electron chi connectivity index (χ0n) is 4.50. The van der Waals surface area contributed by atoms with Crippen LogP contribution in [0.25, 0.3) is 0 Å². The molecule has 0 saturated heterocycles. The molecule has 0 spiro atoms. The molecular formula is C4H9BIP. The first-order chi connectivity index (χ1) is 3.27. The molecule has 1 unspecified atom stereocenters. The highest BCUT2D eigenvalue weighted by atomic mass is 127. The molecule has 0 rings (SSSR count). The fraction of sp³-hybridized carbons (Fsp3) is 0.500. The van der Waals surface area contributed by atoms with E-state index >= 15 is 0 Å². The average molecular weight is 226 g/mol. The monoisotopic (exact) mass is 226 g/mol. The van der Waals surface area contributed by atoms with Gasteiger partial charge in [0.2, 0.25) is 0 Å². The maximum absolute atomic E-state index is 3.79. The predicted molar refractivity (Wildman–Crippen MR) is 49.1 cm³/mol. The van der Waals surface area contributed by atoms with Crippen LogP contribution in [0.3, 0.4) is 0 Å². The molecule has 0 fully saturated rings. The smallest absolute Gasteiger partial charge is 0.101 e. The Balaban J connectivity index is 2.82. The van der Waals surface area contributed by atoms with Crippen molar-refractivity contribution in [2.75, 3.05) is 0 Å². The van der Waals surface area contributed by atoms with Gasteiger partial charge >= 0.3 is 0 Å². The SMILES string of the molecule is C=C(C)CBPI. The summed E-state index contributed by atoms with van der Waals surface area (Å²) in [5.74, 6) is 0. The van der Waals surface area contributed by atoms with E-state index in [-0.39, 0.29) is 0 Å². The summed E-state index contributed by atoms with van der Waals surface area (Å²) in [5.41, 5.74) is 1.31. The third-order valence-corrected chi connectivity index (χ3v) is 2.70. The first-order valence-electron chi connectivity index (χ1n) is 2.25. The van der Waals surface area contributed by atoms with Crippen molar-refractivity contribution in [3.05, 3.63) is 12.2 Å². The molecule has 0 aromatic carbocycles. The van der Waals surface area contributed by atoms with Crippen LogP contribution in [0, 0.1) is 0 Å². The van der Waals surface area contributed by atoms with Crippen LogP contribution < -0.4 is 0 Å². The van der Waals surface area contributed by atoms with E-state index in [2.05, 4.69) is 35.5 Å². The van der Waals surface area contributed by atoms with Crippen LogP contribution in [-0.4, -0.2) is 7.00 Å². The Bertz CT molecular complexity index is 64.7. The Labute approximate surface area is 60.6 Å². The summed E-state index contributed by atoms with van der Waals surface area (Å²) in [6.45, 7) is 7.19. The second kappa shape index (κ2) is 5.11. The largest absolute Gasteiger partial charge is 0.165 e. The van der Waals surface area contributed by atoms with Gasteiger partial charge in [0.15, 0.2) is 7.00 Å². The quantitative estimate of drug-likeness (QED) is 0.300. The standard InChI is InChI=1S/C4H9BIP/c1-4(2)3-5-7-6/h5,7H,1,3H2,2H3. The minimum atomic E-state index is 1.06. The van der Waals surface area contributed by atoms with Gasteiger partial charge in [0.1, 0.15) is 0 Å². The van der Waals surface area contributed by atoms with Crippen molar-refractivity contribution in [1.29, 1.82) is 0 Å². The highest BCUT2D eigenvalue weighted by molar-refractivity contribution is 14.2. The Morgan fingerprint density at radius 2 is 2.57 bits per heavy atom. The van der Waals surface area contributed by atoms with Crippen LogP contribution in [0.15, 0.2) is 12.2 Å². The van der Waals surface area contributed by atoms with Gasteiger partial charge in [0, 0.05) is 0 Å². The molecule has 0 N–H and O–H groups in total. The molecule has 7 heavy (non-hydrogen) atoms. The van der Waals surface area contributed by atoms with E-state index < -0.39 is 0 Å². The lowest BCUT2D eigenvalue weighted by atomic mass is 9.98. The molecule has 0 aromatic rings. The van der Waals surface area contributed by atoms with Crippen LogP contribution in [0.2, 0.25) is 6.32 Å². The molecule has 3 heteroatoms. The second-order valence-corrected chi connectivity index (χ2v) is 4.65. The summed E-state index contributed by atoms with van der Waals surface area (Å²) < 4.78 is 0. The molecule has 0 nitrogen and oxygen atoms in total. The number of rotatable bonds is 3. The maximum atomic E-state index is 3.79. The van der Waals surface area contributed by atoms with E-state index in [1.807, 2.05) is 0 Å². The molecule has 40 valence electrons. The molecule has 0 aliphatic rings. The molecule has 0 amide bonds. The van der Waals surface area contributed by atoms with Crippen molar-refractivity contribution in [1.82, 2.24) is 0 Å². The van der Waals surface area contributed by atoms with Crippen molar-refractivity contribution in [3.63, 3.8) is 0 Å². The van der Waals surface area contributed by atoms with Crippen molar-refractivity contribution in [2.45, 2.75) is 13.2 Å². The van der Waals surface area contributed by atoms with E-state index in [9.17, 15) is 0 Å². The van der Waals surface area contributed by atoms with Gasteiger partial charge in [-0.05, 0) is 6.92 Å². The van der Waals surface area contributed by atoms with Gasteiger partial charge in [-0.2, -0.15) is 0 Å². The average Bonchev–Trinajstić information content (AvgIpc) is 1.61. The van der Waals surface area contributed by atoms with E-state index in [0.29, 0.717) is 0 Å². The van der Waals surface area contributed by atoms with Crippen LogP contribution in [0.5, 0.6) is 0 Å². The molecular weight excluding hydrogens is 217 g/mol. The second-order valence-electron chi connectivity index (χ2n) is 1.59. The molecule has 0 aromatic heterocycles. The lowest BCUT2D eigenvalue weighted by Crippen LogP contribution is -1.75. The lowest BCUT2D eigenvalue weighted by molar-refractivity contribution is 1.41. The zero-order chi connectivity index (χ0) is 5.70. The first kappa shape index (κ1) is 7.96. The summed E-state index contributed by atoms with van der Waals surface area (Å²) >= 11 is 2.41. The molecule has 0 heterocycles. The van der Waals surface area contributed by atoms with Crippen LogP contribution in [0.1, 0.15) is 6.92 Å². The van der Waals surface area contributed by atoms with E-state index in [1.54, 1.807) is 0 Å². The van der Waals surface area contributed by atoms with Crippen molar-refractivity contribution in [3.8, 4) is 0 Å². The normalized spacial score (nSPS) is 10.0. The summed E-state index contributed by atoms with van der Waals surface area (Å²) in [4.78, 5) is 0. The molecule has 0 bridgehead atoms. The van der Waals surface area contributed by atoms with Crippen LogP contribution in [0.4, 0.5) is 0 Å². The fourth-order valence-electron chi connectivity index (χ4n) is 0.261. The Kier molecular flexibility index (Phi) is 5.81. The van der Waals surface area contributed by atoms with Gasteiger partial charge < -0.3 is 0 Å². The Morgan fingerprint density at radius 3 is 2.71 bits per heavy atom. The third kappa shape index (κ3) is 6.96. The zero-order valence-corrected chi connectivity index (χ0v) is 7.66. The lowest BCUT2D eigenvalue weighted by Gasteiger charge is -1.88. The van der Waals surface area contributed by atoms with Crippen molar-refractivity contribution < 1.29 is 0 Å². The number of halogens is 1. The van der Waals surface area contributed by atoms with Crippen LogP contribution >= 0.6 is 28.1 Å². The van der Waals surface area contributed by atoms with Gasteiger partial charge in [-0.15, -0.1) is 6.58 Å². The van der Waals surface area contributed by atoms with E-state index in [4.69, 9.17) is 0 Å². The van der Waals surface area contributed by atoms with Gasteiger partial charge in [-0.25, -0.2) is 0 Å². The molecule has 0 radical (unpaired) electrons. The Hall–Kier alpha value is 0.965. The highest BCUT2D eigenvalue weighted by Crippen LogP contribution is 2.20. The molecule has 0 aliphatic heterocycles. The summed E-state index contributed by atoms with van der Waals surface area (Å²) in [6, 6.07) is 0. The molecule has 0 aliphatic carbocycles. The Morgan fingerprint density at radius 1 is 2.00 bits per heavy atom.